The molecule has 0 unspecified atom stereocenters. The average molecular weight is 444 g/mol. The van der Waals surface area contributed by atoms with E-state index in [0.717, 1.165) is 0 Å². The fraction of sp³-hybridized carbons (Fsp3) is 0.130. The summed E-state index contributed by atoms with van der Waals surface area (Å²) >= 11 is 0. The molecule has 9 heteroatoms. The summed E-state index contributed by atoms with van der Waals surface area (Å²) in [5.74, 6) is -0.349. The lowest BCUT2D eigenvalue weighted by Crippen LogP contribution is -2.27. The number of rotatable bonds is 7. The van der Waals surface area contributed by atoms with Crippen LogP contribution in [0.3, 0.4) is 0 Å². The molecule has 0 aliphatic heterocycles. The number of hydrogen-bond acceptors (Lipinski definition) is 4. The molecule has 0 atom stereocenters. The molecule has 0 bridgehead atoms. The summed E-state index contributed by atoms with van der Waals surface area (Å²) < 4.78 is 47.5. The number of halogens is 3. The summed E-state index contributed by atoms with van der Waals surface area (Å²) in [4.78, 5) is 25.1. The lowest BCUT2D eigenvalue weighted by atomic mass is 10.1. The lowest BCUT2D eigenvalue weighted by Gasteiger charge is -2.20. The highest BCUT2D eigenvalue weighted by Crippen LogP contribution is 2.27. The molecule has 3 aromatic carbocycles. The molecule has 0 fully saturated rings. The van der Waals surface area contributed by atoms with Crippen LogP contribution in [0.4, 0.5) is 13.2 Å². The highest BCUT2D eigenvalue weighted by Gasteiger charge is 2.32. The molecule has 166 valence electrons. The van der Waals surface area contributed by atoms with Crippen molar-refractivity contribution < 1.29 is 32.2 Å². The van der Waals surface area contributed by atoms with Gasteiger partial charge in [0, 0.05) is 30.3 Å². The number of carbonyl (C=O) groups excluding carboxylic acids is 2. The Labute approximate surface area is 182 Å². The Morgan fingerprint density at radius 3 is 1.94 bits per heavy atom. The summed E-state index contributed by atoms with van der Waals surface area (Å²) in [7, 11) is 1.48. The number of alkyl halides is 3. The van der Waals surface area contributed by atoms with E-state index in [1.54, 1.807) is 42.5 Å². The maximum absolute atomic E-state index is 12.7. The van der Waals surface area contributed by atoms with Crippen LogP contribution in [0.5, 0.6) is 17.2 Å². The van der Waals surface area contributed by atoms with Gasteiger partial charge in [0.05, 0.1) is 0 Å². The zero-order valence-electron chi connectivity index (χ0n) is 16.9. The first-order valence-corrected chi connectivity index (χ1v) is 9.39. The Morgan fingerprint density at radius 2 is 1.41 bits per heavy atom. The predicted molar refractivity (Wildman–Crippen MR) is 110 cm³/mol. The molecule has 0 saturated heterocycles. The van der Waals surface area contributed by atoms with Crippen LogP contribution in [-0.2, 0) is 6.54 Å². The molecule has 0 aliphatic rings. The minimum absolute atomic E-state index is 0.0739. The standard InChI is InChI=1S/C23H19F3N2O4/c1-28(14-17-4-2-3-5-20(17)32-23(24,25)26)22(30)16-8-12-19(13-9-16)31-18-10-6-15(7-11-18)21(27)29/h2-13H,14H2,1H3,(H2,27,29). The molecule has 6 nitrogen and oxygen atoms in total. The second-order valence-corrected chi connectivity index (χ2v) is 6.83. The third-order valence-electron chi connectivity index (χ3n) is 4.43. The molecule has 2 amide bonds. The number of ether oxygens (including phenoxy) is 2. The van der Waals surface area contributed by atoms with Crippen molar-refractivity contribution in [3.05, 3.63) is 89.5 Å². The smallest absolute Gasteiger partial charge is 0.457 e. The van der Waals surface area contributed by atoms with E-state index in [9.17, 15) is 22.8 Å². The van der Waals surface area contributed by atoms with Crippen LogP contribution in [0, 0.1) is 0 Å². The van der Waals surface area contributed by atoms with Gasteiger partial charge in [-0.05, 0) is 54.6 Å². The van der Waals surface area contributed by atoms with E-state index >= 15 is 0 Å². The second kappa shape index (κ2) is 9.42. The molecule has 0 heterocycles. The zero-order chi connectivity index (χ0) is 23.3. The number of nitrogens with two attached hydrogens (primary N) is 1. The van der Waals surface area contributed by atoms with E-state index in [-0.39, 0.29) is 23.8 Å². The van der Waals surface area contributed by atoms with Crippen molar-refractivity contribution in [3.63, 3.8) is 0 Å². The number of amides is 2. The molecule has 3 aromatic rings. The van der Waals surface area contributed by atoms with Gasteiger partial charge in [0.15, 0.2) is 0 Å². The third-order valence-corrected chi connectivity index (χ3v) is 4.43. The van der Waals surface area contributed by atoms with Crippen molar-refractivity contribution in [2.24, 2.45) is 5.73 Å². The van der Waals surface area contributed by atoms with Crippen LogP contribution in [-0.4, -0.2) is 30.1 Å². The summed E-state index contributed by atoms with van der Waals surface area (Å²) in [5.41, 5.74) is 6.10. The second-order valence-electron chi connectivity index (χ2n) is 6.83. The summed E-state index contributed by atoms with van der Waals surface area (Å²) in [5, 5.41) is 0. The lowest BCUT2D eigenvalue weighted by molar-refractivity contribution is -0.275. The van der Waals surface area contributed by atoms with Crippen molar-refractivity contribution in [2.75, 3.05) is 7.05 Å². The average Bonchev–Trinajstić information content (AvgIpc) is 2.74. The fourth-order valence-corrected chi connectivity index (χ4v) is 2.90. The minimum Gasteiger partial charge on any atom is -0.457 e. The molecular formula is C23H19F3N2O4. The van der Waals surface area contributed by atoms with Gasteiger partial charge in [-0.25, -0.2) is 0 Å². The van der Waals surface area contributed by atoms with Crippen LogP contribution in [0.1, 0.15) is 26.3 Å². The number of nitrogens with zero attached hydrogens (tertiary/aromatic N) is 1. The SMILES string of the molecule is CN(Cc1ccccc1OC(F)(F)F)C(=O)c1ccc(Oc2ccc(C(N)=O)cc2)cc1. The maximum atomic E-state index is 12.7. The molecule has 32 heavy (non-hydrogen) atoms. The van der Waals surface area contributed by atoms with Crippen molar-refractivity contribution in [2.45, 2.75) is 12.9 Å². The topological polar surface area (TPSA) is 81.9 Å². The van der Waals surface area contributed by atoms with Crippen LogP contribution >= 0.6 is 0 Å². The van der Waals surface area contributed by atoms with Gasteiger partial charge >= 0.3 is 6.36 Å². The highest BCUT2D eigenvalue weighted by atomic mass is 19.4. The molecule has 0 radical (unpaired) electrons. The van der Waals surface area contributed by atoms with Crippen molar-refractivity contribution in [3.8, 4) is 17.2 Å². The first kappa shape index (κ1) is 22.7. The van der Waals surface area contributed by atoms with Crippen LogP contribution < -0.4 is 15.2 Å². The van der Waals surface area contributed by atoms with Crippen molar-refractivity contribution in [1.29, 1.82) is 0 Å². The number of primary amides is 1. The van der Waals surface area contributed by atoms with E-state index in [0.29, 0.717) is 22.6 Å². The Morgan fingerprint density at radius 1 is 0.875 bits per heavy atom. The Balaban J connectivity index is 1.66. The van der Waals surface area contributed by atoms with Gasteiger partial charge in [0.1, 0.15) is 17.2 Å². The largest absolute Gasteiger partial charge is 0.573 e. The summed E-state index contributed by atoms with van der Waals surface area (Å²) in [6.45, 7) is -0.0739. The molecular weight excluding hydrogens is 425 g/mol. The molecule has 0 aromatic heterocycles. The fourth-order valence-electron chi connectivity index (χ4n) is 2.90. The van der Waals surface area contributed by atoms with Gasteiger partial charge in [-0.1, -0.05) is 18.2 Å². The van der Waals surface area contributed by atoms with Gasteiger partial charge in [0.25, 0.3) is 5.91 Å². The number of para-hydroxylation sites is 1. The number of hydrogen-bond donors (Lipinski definition) is 1. The highest BCUT2D eigenvalue weighted by molar-refractivity contribution is 5.94. The van der Waals surface area contributed by atoms with Gasteiger partial charge in [-0.3, -0.25) is 9.59 Å². The maximum Gasteiger partial charge on any atom is 0.573 e. The van der Waals surface area contributed by atoms with Crippen LogP contribution in [0.25, 0.3) is 0 Å². The van der Waals surface area contributed by atoms with Crippen molar-refractivity contribution in [1.82, 2.24) is 4.90 Å². The molecule has 0 aliphatic carbocycles. The van der Waals surface area contributed by atoms with Crippen molar-refractivity contribution >= 4 is 11.8 Å². The first-order chi connectivity index (χ1) is 15.1. The summed E-state index contributed by atoms with van der Waals surface area (Å²) in [6.07, 6.45) is -4.82. The first-order valence-electron chi connectivity index (χ1n) is 9.39. The Kier molecular flexibility index (Phi) is 6.67. The molecule has 0 saturated carbocycles. The van der Waals surface area contributed by atoms with E-state index in [1.807, 2.05) is 0 Å². The summed E-state index contributed by atoms with van der Waals surface area (Å²) in [6, 6.07) is 18.2. The quantitative estimate of drug-likeness (QED) is 0.570. The molecule has 3 rings (SSSR count). The van der Waals surface area contributed by atoms with Crippen LogP contribution in [0.15, 0.2) is 72.8 Å². The Bertz CT molecular complexity index is 1100. The zero-order valence-corrected chi connectivity index (χ0v) is 16.9. The normalized spacial score (nSPS) is 11.0. The van der Waals surface area contributed by atoms with E-state index in [4.69, 9.17) is 10.5 Å². The van der Waals surface area contributed by atoms with Crippen LogP contribution in [0.2, 0.25) is 0 Å². The van der Waals surface area contributed by atoms with Gasteiger partial charge in [0.2, 0.25) is 5.91 Å². The molecule has 2 N–H and O–H groups in total. The van der Waals surface area contributed by atoms with E-state index in [2.05, 4.69) is 4.74 Å². The van der Waals surface area contributed by atoms with Gasteiger partial charge in [-0.15, -0.1) is 13.2 Å². The minimum atomic E-state index is -4.82. The van der Waals surface area contributed by atoms with Gasteiger partial charge in [-0.2, -0.15) is 0 Å². The number of benzene rings is 3. The monoisotopic (exact) mass is 444 g/mol. The molecule has 0 spiro atoms. The third kappa shape index (κ3) is 6.00. The Hall–Kier alpha value is -4.01. The number of carbonyl (C=O) groups is 2. The van der Waals surface area contributed by atoms with E-state index in [1.165, 1.54) is 42.3 Å². The van der Waals surface area contributed by atoms with Gasteiger partial charge < -0.3 is 20.1 Å². The predicted octanol–water partition coefficient (Wildman–Crippen LogP) is 4.75. The van der Waals surface area contributed by atoms with E-state index < -0.39 is 12.3 Å².